The summed E-state index contributed by atoms with van der Waals surface area (Å²) in [7, 11) is 1.86. The molecular weight excluding hydrogens is 224 g/mol. The number of nitrogens with one attached hydrogen (secondary N) is 1. The second-order valence-electron chi connectivity index (χ2n) is 4.58. The molecule has 0 spiro atoms. The SMILES string of the molecule is CNc1cc(C(C)C)nc(-c2ncccc2C)n1. The lowest BCUT2D eigenvalue weighted by Gasteiger charge is -2.10. The van der Waals surface area contributed by atoms with Crippen LogP contribution in [0.5, 0.6) is 0 Å². The molecule has 4 heteroatoms. The first-order valence-corrected chi connectivity index (χ1v) is 6.10. The number of aromatic nitrogens is 3. The fraction of sp³-hybridized carbons (Fsp3) is 0.357. The van der Waals surface area contributed by atoms with Gasteiger partial charge >= 0.3 is 0 Å². The average Bonchev–Trinajstić information content (AvgIpc) is 2.38. The van der Waals surface area contributed by atoms with Crippen molar-refractivity contribution >= 4 is 5.82 Å². The number of nitrogens with zero attached hydrogens (tertiary/aromatic N) is 3. The van der Waals surface area contributed by atoms with Gasteiger partial charge in [-0.3, -0.25) is 4.98 Å². The van der Waals surface area contributed by atoms with Crippen LogP contribution in [0.2, 0.25) is 0 Å². The molecule has 0 saturated carbocycles. The average molecular weight is 242 g/mol. The summed E-state index contributed by atoms with van der Waals surface area (Å²) in [5.41, 5.74) is 2.95. The van der Waals surface area contributed by atoms with Gasteiger partial charge in [-0.2, -0.15) is 0 Å². The van der Waals surface area contributed by atoms with Crippen LogP contribution in [-0.2, 0) is 0 Å². The van der Waals surface area contributed by atoms with Crippen LogP contribution in [-0.4, -0.2) is 22.0 Å². The van der Waals surface area contributed by atoms with Gasteiger partial charge in [0.25, 0.3) is 0 Å². The molecule has 2 rings (SSSR count). The zero-order valence-electron chi connectivity index (χ0n) is 11.2. The number of hydrogen-bond acceptors (Lipinski definition) is 4. The van der Waals surface area contributed by atoms with Crippen LogP contribution in [0.1, 0.15) is 31.0 Å². The summed E-state index contributed by atoms with van der Waals surface area (Å²) in [6.45, 7) is 6.26. The van der Waals surface area contributed by atoms with E-state index in [-0.39, 0.29) is 0 Å². The van der Waals surface area contributed by atoms with Gasteiger partial charge in [0.15, 0.2) is 5.82 Å². The summed E-state index contributed by atoms with van der Waals surface area (Å²) in [5.74, 6) is 1.88. The van der Waals surface area contributed by atoms with E-state index in [2.05, 4.69) is 34.1 Å². The number of aryl methyl sites for hydroxylation is 1. The predicted molar refractivity (Wildman–Crippen MR) is 73.6 cm³/mol. The smallest absolute Gasteiger partial charge is 0.180 e. The van der Waals surface area contributed by atoms with E-state index >= 15 is 0 Å². The van der Waals surface area contributed by atoms with E-state index in [1.807, 2.05) is 32.2 Å². The third kappa shape index (κ3) is 2.47. The van der Waals surface area contributed by atoms with Gasteiger partial charge in [0.1, 0.15) is 11.5 Å². The summed E-state index contributed by atoms with van der Waals surface area (Å²) in [6, 6.07) is 5.92. The van der Waals surface area contributed by atoms with E-state index in [0.717, 1.165) is 22.8 Å². The van der Waals surface area contributed by atoms with Crippen molar-refractivity contribution in [1.29, 1.82) is 0 Å². The predicted octanol–water partition coefficient (Wildman–Crippen LogP) is 3.01. The molecule has 0 bridgehead atoms. The largest absolute Gasteiger partial charge is 0.373 e. The van der Waals surface area contributed by atoms with Crippen LogP contribution < -0.4 is 5.32 Å². The molecule has 2 aromatic rings. The molecule has 1 N–H and O–H groups in total. The monoisotopic (exact) mass is 242 g/mol. The van der Waals surface area contributed by atoms with E-state index in [0.29, 0.717) is 11.7 Å². The molecular formula is C14H18N4. The van der Waals surface area contributed by atoms with Crippen LogP contribution in [0.3, 0.4) is 0 Å². The van der Waals surface area contributed by atoms with Crippen molar-refractivity contribution in [2.75, 3.05) is 12.4 Å². The van der Waals surface area contributed by atoms with Crippen molar-refractivity contribution in [2.24, 2.45) is 0 Å². The summed E-state index contributed by atoms with van der Waals surface area (Å²) in [5, 5.41) is 3.07. The van der Waals surface area contributed by atoms with Gasteiger partial charge < -0.3 is 5.32 Å². The topological polar surface area (TPSA) is 50.7 Å². The highest BCUT2D eigenvalue weighted by Crippen LogP contribution is 2.22. The first kappa shape index (κ1) is 12.5. The molecule has 0 saturated heterocycles. The lowest BCUT2D eigenvalue weighted by atomic mass is 10.1. The van der Waals surface area contributed by atoms with Crippen LogP contribution in [0.4, 0.5) is 5.82 Å². The Hall–Kier alpha value is -1.97. The molecule has 0 aromatic carbocycles. The number of pyridine rings is 1. The van der Waals surface area contributed by atoms with Gasteiger partial charge in [-0.25, -0.2) is 9.97 Å². The van der Waals surface area contributed by atoms with Crippen LogP contribution in [0.15, 0.2) is 24.4 Å². The Morgan fingerprint density at radius 3 is 2.61 bits per heavy atom. The fourth-order valence-electron chi connectivity index (χ4n) is 1.72. The summed E-state index contributed by atoms with van der Waals surface area (Å²) >= 11 is 0. The van der Waals surface area contributed by atoms with Gasteiger partial charge in [-0.15, -0.1) is 0 Å². The molecule has 0 aliphatic carbocycles. The third-order valence-corrected chi connectivity index (χ3v) is 2.81. The molecule has 0 fully saturated rings. The van der Waals surface area contributed by atoms with E-state index in [1.54, 1.807) is 6.20 Å². The zero-order valence-corrected chi connectivity index (χ0v) is 11.2. The molecule has 0 aliphatic rings. The van der Waals surface area contributed by atoms with Crippen molar-refractivity contribution in [1.82, 2.24) is 15.0 Å². The first-order valence-electron chi connectivity index (χ1n) is 6.10. The minimum Gasteiger partial charge on any atom is -0.373 e. The van der Waals surface area contributed by atoms with E-state index < -0.39 is 0 Å². The number of hydrogen-bond donors (Lipinski definition) is 1. The van der Waals surface area contributed by atoms with E-state index in [9.17, 15) is 0 Å². The second kappa shape index (κ2) is 5.12. The Morgan fingerprint density at radius 1 is 1.22 bits per heavy atom. The maximum absolute atomic E-state index is 4.60. The highest BCUT2D eigenvalue weighted by molar-refractivity contribution is 5.57. The standard InChI is InChI=1S/C14H18N4/c1-9(2)11-8-12(15-4)18-14(17-11)13-10(3)6-5-7-16-13/h5-9H,1-4H3,(H,15,17,18). The van der Waals surface area contributed by atoms with Gasteiger partial charge in [-0.1, -0.05) is 19.9 Å². The van der Waals surface area contributed by atoms with Gasteiger partial charge in [0.2, 0.25) is 0 Å². The second-order valence-corrected chi connectivity index (χ2v) is 4.58. The summed E-state index contributed by atoms with van der Waals surface area (Å²) < 4.78 is 0. The summed E-state index contributed by atoms with van der Waals surface area (Å²) in [4.78, 5) is 13.5. The molecule has 0 amide bonds. The highest BCUT2D eigenvalue weighted by atomic mass is 15.0. The third-order valence-electron chi connectivity index (χ3n) is 2.81. The van der Waals surface area contributed by atoms with Crippen molar-refractivity contribution in [3.63, 3.8) is 0 Å². The fourth-order valence-corrected chi connectivity index (χ4v) is 1.72. The van der Waals surface area contributed by atoms with E-state index in [4.69, 9.17) is 0 Å². The minimum atomic E-state index is 0.364. The molecule has 0 radical (unpaired) electrons. The Morgan fingerprint density at radius 2 is 2.00 bits per heavy atom. The quantitative estimate of drug-likeness (QED) is 0.898. The maximum Gasteiger partial charge on any atom is 0.180 e. The Balaban J connectivity index is 2.57. The van der Waals surface area contributed by atoms with Gasteiger partial charge in [-0.05, 0) is 24.5 Å². The molecule has 0 unspecified atom stereocenters. The van der Waals surface area contributed by atoms with Crippen molar-refractivity contribution in [2.45, 2.75) is 26.7 Å². The van der Waals surface area contributed by atoms with Gasteiger partial charge in [0.05, 0.1) is 0 Å². The molecule has 2 heterocycles. The Labute approximate surface area is 108 Å². The van der Waals surface area contributed by atoms with Crippen LogP contribution in [0, 0.1) is 6.92 Å². The first-order chi connectivity index (χ1) is 8.61. The lowest BCUT2D eigenvalue weighted by Crippen LogP contribution is -2.03. The molecule has 0 aliphatic heterocycles. The Kier molecular flexibility index (Phi) is 3.55. The zero-order chi connectivity index (χ0) is 13.1. The molecule has 2 aromatic heterocycles. The molecule has 4 nitrogen and oxygen atoms in total. The van der Waals surface area contributed by atoms with E-state index in [1.165, 1.54) is 0 Å². The van der Waals surface area contributed by atoms with Crippen molar-refractivity contribution in [3.05, 3.63) is 35.7 Å². The number of rotatable bonds is 3. The summed E-state index contributed by atoms with van der Waals surface area (Å²) in [6.07, 6.45) is 1.77. The van der Waals surface area contributed by atoms with Crippen molar-refractivity contribution < 1.29 is 0 Å². The number of anilines is 1. The normalized spacial score (nSPS) is 10.7. The van der Waals surface area contributed by atoms with Crippen molar-refractivity contribution in [3.8, 4) is 11.5 Å². The lowest BCUT2D eigenvalue weighted by molar-refractivity contribution is 0.816. The molecule has 0 atom stereocenters. The Bertz CT molecular complexity index is 549. The van der Waals surface area contributed by atoms with Gasteiger partial charge in [0, 0.05) is 25.0 Å². The molecule has 94 valence electrons. The van der Waals surface area contributed by atoms with Crippen LogP contribution in [0.25, 0.3) is 11.5 Å². The maximum atomic E-state index is 4.60. The molecule has 18 heavy (non-hydrogen) atoms. The highest BCUT2D eigenvalue weighted by Gasteiger charge is 2.11. The minimum absolute atomic E-state index is 0.364. The van der Waals surface area contributed by atoms with Crippen LogP contribution >= 0.6 is 0 Å².